The van der Waals surface area contributed by atoms with Crippen molar-refractivity contribution in [1.29, 1.82) is 0 Å². The van der Waals surface area contributed by atoms with E-state index in [2.05, 4.69) is 49.1 Å². The van der Waals surface area contributed by atoms with Gasteiger partial charge in [-0.2, -0.15) is 0 Å². The lowest BCUT2D eigenvalue weighted by atomic mass is 10.1. The number of hydrogen-bond donors (Lipinski definition) is 0. The van der Waals surface area contributed by atoms with Crippen molar-refractivity contribution in [2.24, 2.45) is 0 Å². The molecule has 5 nitrogen and oxygen atoms in total. The Hall–Kier alpha value is -3.34. The van der Waals surface area contributed by atoms with Gasteiger partial charge >= 0.3 is 0 Å². The van der Waals surface area contributed by atoms with Crippen LogP contribution in [0.4, 0.5) is 11.5 Å². The largest absolute Gasteiger partial charge is 0.329 e. The van der Waals surface area contributed by atoms with Crippen LogP contribution in [0.15, 0.2) is 67.3 Å². The number of rotatable bonds is 4. The van der Waals surface area contributed by atoms with Crippen LogP contribution < -0.4 is 4.90 Å². The molecule has 4 aromatic rings. The van der Waals surface area contributed by atoms with Crippen molar-refractivity contribution in [3.8, 4) is 0 Å². The van der Waals surface area contributed by atoms with Crippen molar-refractivity contribution >= 4 is 22.4 Å². The van der Waals surface area contributed by atoms with Crippen molar-refractivity contribution in [3.63, 3.8) is 0 Å². The van der Waals surface area contributed by atoms with Crippen LogP contribution in [-0.4, -0.2) is 27.0 Å². The number of nitrogens with zero attached hydrogens (tertiary/aromatic N) is 5. The van der Waals surface area contributed by atoms with Crippen LogP contribution in [0.2, 0.25) is 0 Å². The fourth-order valence-corrected chi connectivity index (χ4v) is 2.91. The first-order valence-electron chi connectivity index (χ1n) is 8.50. The molecule has 0 fully saturated rings. The SMILES string of the molecule is Cc1cnc(Cc2ccc(N(C)c3ncnc4ccccc34)cc2)nc1. The number of hydrogen-bond acceptors (Lipinski definition) is 5. The lowest BCUT2D eigenvalue weighted by Crippen LogP contribution is -2.12. The predicted octanol–water partition coefficient (Wildman–Crippen LogP) is 4.09. The first-order chi connectivity index (χ1) is 12.7. The highest BCUT2D eigenvalue weighted by molar-refractivity contribution is 5.91. The number of fused-ring (bicyclic) bond motifs is 1. The molecule has 4 rings (SSSR count). The molecule has 0 atom stereocenters. The maximum Gasteiger partial charge on any atom is 0.144 e. The van der Waals surface area contributed by atoms with E-state index < -0.39 is 0 Å². The molecule has 5 heteroatoms. The van der Waals surface area contributed by atoms with Gasteiger partial charge in [-0.1, -0.05) is 24.3 Å². The number of benzene rings is 2. The Morgan fingerprint density at radius 1 is 0.846 bits per heavy atom. The van der Waals surface area contributed by atoms with Crippen LogP contribution in [0.3, 0.4) is 0 Å². The summed E-state index contributed by atoms with van der Waals surface area (Å²) in [4.78, 5) is 19.6. The molecule has 2 heterocycles. The first-order valence-corrected chi connectivity index (χ1v) is 8.50. The van der Waals surface area contributed by atoms with Gasteiger partial charge < -0.3 is 4.90 Å². The summed E-state index contributed by atoms with van der Waals surface area (Å²) in [6.45, 7) is 1.99. The smallest absolute Gasteiger partial charge is 0.144 e. The fourth-order valence-electron chi connectivity index (χ4n) is 2.91. The zero-order valence-electron chi connectivity index (χ0n) is 14.8. The summed E-state index contributed by atoms with van der Waals surface area (Å²) in [6, 6.07) is 16.5. The third-order valence-electron chi connectivity index (χ3n) is 4.36. The number of aromatic nitrogens is 4. The average molecular weight is 341 g/mol. The van der Waals surface area contributed by atoms with E-state index in [9.17, 15) is 0 Å². The van der Waals surface area contributed by atoms with Crippen LogP contribution in [0.1, 0.15) is 17.0 Å². The van der Waals surface area contributed by atoms with Gasteiger partial charge in [0.25, 0.3) is 0 Å². The second-order valence-electron chi connectivity index (χ2n) is 6.29. The van der Waals surface area contributed by atoms with Gasteiger partial charge in [0.1, 0.15) is 18.0 Å². The molecule has 26 heavy (non-hydrogen) atoms. The van der Waals surface area contributed by atoms with Gasteiger partial charge in [-0.3, -0.25) is 0 Å². The van der Waals surface area contributed by atoms with Gasteiger partial charge in [-0.15, -0.1) is 0 Å². The molecule has 0 aliphatic rings. The van der Waals surface area contributed by atoms with Crippen LogP contribution in [0.25, 0.3) is 10.9 Å². The molecule has 0 amide bonds. The summed E-state index contributed by atoms with van der Waals surface area (Å²) in [5.74, 6) is 1.73. The van der Waals surface area contributed by atoms with E-state index in [4.69, 9.17) is 0 Å². The lowest BCUT2D eigenvalue weighted by molar-refractivity contribution is 0.955. The summed E-state index contributed by atoms with van der Waals surface area (Å²) in [7, 11) is 2.02. The Kier molecular flexibility index (Phi) is 4.27. The molecule has 0 spiro atoms. The van der Waals surface area contributed by atoms with Crippen LogP contribution in [0, 0.1) is 6.92 Å². The Balaban J connectivity index is 1.58. The topological polar surface area (TPSA) is 54.8 Å². The molecule has 2 aromatic carbocycles. The van der Waals surface area contributed by atoms with E-state index in [1.165, 1.54) is 5.56 Å². The molecule has 0 saturated heterocycles. The molecule has 0 saturated carbocycles. The molecule has 0 aliphatic carbocycles. The van der Waals surface area contributed by atoms with E-state index in [-0.39, 0.29) is 0 Å². The maximum atomic E-state index is 4.48. The Morgan fingerprint density at radius 2 is 1.58 bits per heavy atom. The molecule has 2 aromatic heterocycles. The van der Waals surface area contributed by atoms with Crippen LogP contribution in [-0.2, 0) is 6.42 Å². The normalized spacial score (nSPS) is 10.8. The van der Waals surface area contributed by atoms with Gasteiger partial charge in [-0.25, -0.2) is 19.9 Å². The van der Waals surface area contributed by atoms with Crippen molar-refractivity contribution < 1.29 is 0 Å². The van der Waals surface area contributed by atoms with E-state index in [0.717, 1.165) is 40.2 Å². The minimum atomic E-state index is 0.723. The van der Waals surface area contributed by atoms with E-state index >= 15 is 0 Å². The van der Waals surface area contributed by atoms with E-state index in [1.807, 2.05) is 50.6 Å². The van der Waals surface area contributed by atoms with Crippen molar-refractivity contribution in [3.05, 3.63) is 84.2 Å². The van der Waals surface area contributed by atoms with Crippen LogP contribution in [0.5, 0.6) is 0 Å². The summed E-state index contributed by atoms with van der Waals surface area (Å²) < 4.78 is 0. The summed E-state index contributed by atoms with van der Waals surface area (Å²) in [6.07, 6.45) is 6.04. The standard InChI is InChI=1S/C21H19N5/c1-15-12-22-20(23-13-15)11-16-7-9-17(10-8-16)26(2)21-18-5-3-4-6-19(18)24-14-25-21/h3-10,12-14H,11H2,1-2H3. The molecule has 128 valence electrons. The Labute approximate surface area is 152 Å². The Bertz CT molecular complexity index is 1020. The summed E-state index contributed by atoms with van der Waals surface area (Å²) in [5.41, 5.74) is 4.27. The number of anilines is 2. The highest BCUT2D eigenvalue weighted by Crippen LogP contribution is 2.28. The van der Waals surface area contributed by atoms with Crippen LogP contribution >= 0.6 is 0 Å². The molecule has 0 aliphatic heterocycles. The minimum Gasteiger partial charge on any atom is -0.329 e. The average Bonchev–Trinajstić information content (AvgIpc) is 2.69. The monoisotopic (exact) mass is 341 g/mol. The van der Waals surface area contributed by atoms with Gasteiger partial charge in [0.2, 0.25) is 0 Å². The van der Waals surface area contributed by atoms with Crippen molar-refractivity contribution in [2.75, 3.05) is 11.9 Å². The van der Waals surface area contributed by atoms with Gasteiger partial charge in [-0.05, 0) is 42.3 Å². The lowest BCUT2D eigenvalue weighted by Gasteiger charge is -2.20. The van der Waals surface area contributed by atoms with Gasteiger partial charge in [0.05, 0.1) is 5.52 Å². The molecular formula is C21H19N5. The van der Waals surface area contributed by atoms with E-state index in [0.29, 0.717) is 0 Å². The van der Waals surface area contributed by atoms with Crippen molar-refractivity contribution in [1.82, 2.24) is 19.9 Å². The molecule has 0 unspecified atom stereocenters. The zero-order chi connectivity index (χ0) is 17.9. The predicted molar refractivity (Wildman–Crippen MR) is 104 cm³/mol. The third kappa shape index (κ3) is 3.24. The fraction of sp³-hybridized carbons (Fsp3) is 0.143. The molecule has 0 radical (unpaired) electrons. The van der Waals surface area contributed by atoms with E-state index in [1.54, 1.807) is 6.33 Å². The summed E-state index contributed by atoms with van der Waals surface area (Å²) in [5, 5.41) is 1.04. The zero-order valence-corrected chi connectivity index (χ0v) is 14.8. The molecular weight excluding hydrogens is 322 g/mol. The van der Waals surface area contributed by atoms with Gasteiger partial charge in [0.15, 0.2) is 0 Å². The molecule has 0 bridgehead atoms. The van der Waals surface area contributed by atoms with Gasteiger partial charge in [0, 0.05) is 36.9 Å². The summed E-state index contributed by atoms with van der Waals surface area (Å²) >= 11 is 0. The maximum absolute atomic E-state index is 4.48. The highest BCUT2D eigenvalue weighted by Gasteiger charge is 2.10. The molecule has 0 N–H and O–H groups in total. The quantitative estimate of drug-likeness (QED) is 0.560. The van der Waals surface area contributed by atoms with Crippen molar-refractivity contribution in [2.45, 2.75) is 13.3 Å². The first kappa shape index (κ1) is 16.1. The highest BCUT2D eigenvalue weighted by atomic mass is 15.2. The minimum absolute atomic E-state index is 0.723. The Morgan fingerprint density at radius 3 is 2.35 bits per heavy atom. The second kappa shape index (κ2) is 6.88. The number of para-hydroxylation sites is 1. The second-order valence-corrected chi connectivity index (χ2v) is 6.29. The number of aryl methyl sites for hydroxylation is 1. The third-order valence-corrected chi connectivity index (χ3v) is 4.36.